The van der Waals surface area contributed by atoms with Gasteiger partial charge in [0.25, 0.3) is 0 Å². The molecule has 7 nitrogen and oxygen atoms in total. The van der Waals surface area contributed by atoms with E-state index in [2.05, 4.69) is 10.3 Å². The van der Waals surface area contributed by atoms with Crippen molar-refractivity contribution in [2.45, 2.75) is 38.6 Å². The smallest absolute Gasteiger partial charge is 0.407 e. The van der Waals surface area contributed by atoms with E-state index in [0.717, 1.165) is 0 Å². The molecule has 1 aromatic rings. The fourth-order valence-electron chi connectivity index (χ4n) is 1.40. The number of alkyl carbamates (subject to hydrolysis) is 1. The number of hydrogen-bond acceptors (Lipinski definition) is 5. The molecular weight excluding hydrogens is 250 g/mol. The first-order valence-corrected chi connectivity index (χ1v) is 6.00. The van der Waals surface area contributed by atoms with Gasteiger partial charge < -0.3 is 24.8 Å². The summed E-state index contributed by atoms with van der Waals surface area (Å²) in [7, 11) is 1.76. The van der Waals surface area contributed by atoms with E-state index in [1.54, 1.807) is 38.6 Å². The number of nitrogens with one attached hydrogen (secondary N) is 1. The maximum Gasteiger partial charge on any atom is 0.407 e. The van der Waals surface area contributed by atoms with Crippen LogP contribution in [0.2, 0.25) is 0 Å². The lowest BCUT2D eigenvalue weighted by Gasteiger charge is -2.21. The summed E-state index contributed by atoms with van der Waals surface area (Å²) in [6, 6.07) is 0. The van der Waals surface area contributed by atoms with Crippen LogP contribution in [0.15, 0.2) is 12.5 Å². The van der Waals surface area contributed by atoms with Gasteiger partial charge in [-0.3, -0.25) is 0 Å². The average molecular weight is 271 g/mol. The number of ether oxygens (including phenoxy) is 1. The zero-order valence-corrected chi connectivity index (χ0v) is 11.6. The molecular formula is C12H21N3O4. The van der Waals surface area contributed by atoms with Gasteiger partial charge in [0.1, 0.15) is 17.8 Å². The topological polar surface area (TPSA) is 96.6 Å². The molecule has 1 heterocycles. The molecule has 1 rings (SSSR count). The Morgan fingerprint density at radius 1 is 1.53 bits per heavy atom. The Labute approximate surface area is 112 Å². The summed E-state index contributed by atoms with van der Waals surface area (Å²) in [6.07, 6.45) is 0.173. The van der Waals surface area contributed by atoms with Gasteiger partial charge in [-0.1, -0.05) is 0 Å². The van der Waals surface area contributed by atoms with Crippen LogP contribution in [-0.4, -0.2) is 44.1 Å². The Kier molecular flexibility index (Phi) is 4.90. The van der Waals surface area contributed by atoms with Crippen molar-refractivity contribution in [2.75, 3.05) is 6.54 Å². The van der Waals surface area contributed by atoms with E-state index >= 15 is 0 Å². The zero-order chi connectivity index (χ0) is 14.6. The third-order valence-electron chi connectivity index (χ3n) is 2.25. The number of carbonyl (C=O) groups is 1. The quantitative estimate of drug-likeness (QED) is 0.733. The van der Waals surface area contributed by atoms with Gasteiger partial charge in [-0.2, -0.15) is 0 Å². The number of amides is 1. The van der Waals surface area contributed by atoms with Crippen LogP contribution in [0.1, 0.15) is 32.6 Å². The summed E-state index contributed by atoms with van der Waals surface area (Å²) < 4.78 is 6.67. The van der Waals surface area contributed by atoms with E-state index in [0.29, 0.717) is 5.69 Å². The zero-order valence-electron chi connectivity index (χ0n) is 11.6. The highest BCUT2D eigenvalue weighted by Gasteiger charge is 2.22. The molecule has 0 bridgehead atoms. The molecule has 19 heavy (non-hydrogen) atoms. The van der Waals surface area contributed by atoms with E-state index in [1.807, 2.05) is 0 Å². The minimum atomic E-state index is -1.16. The maximum absolute atomic E-state index is 11.4. The third-order valence-corrected chi connectivity index (χ3v) is 2.25. The van der Waals surface area contributed by atoms with Crippen molar-refractivity contribution < 1.29 is 19.7 Å². The summed E-state index contributed by atoms with van der Waals surface area (Å²) in [5.74, 6) is 0. The van der Waals surface area contributed by atoms with Gasteiger partial charge in [-0.15, -0.1) is 0 Å². The number of nitrogens with zero attached hydrogens (tertiary/aromatic N) is 2. The first-order chi connectivity index (χ1) is 8.69. The van der Waals surface area contributed by atoms with Crippen LogP contribution >= 0.6 is 0 Å². The number of aliphatic hydroxyl groups is 2. The highest BCUT2D eigenvalue weighted by molar-refractivity contribution is 5.67. The van der Waals surface area contributed by atoms with Crippen molar-refractivity contribution in [3.8, 4) is 0 Å². The Hall–Kier alpha value is -1.60. The molecule has 0 aliphatic rings. The fourth-order valence-corrected chi connectivity index (χ4v) is 1.40. The molecule has 0 radical (unpaired) electrons. The molecule has 2 atom stereocenters. The van der Waals surface area contributed by atoms with Gasteiger partial charge in [0.15, 0.2) is 0 Å². The number of aromatic nitrogens is 2. The molecule has 1 aromatic heterocycles. The van der Waals surface area contributed by atoms with E-state index in [9.17, 15) is 15.0 Å². The summed E-state index contributed by atoms with van der Waals surface area (Å²) in [4.78, 5) is 15.3. The SMILES string of the molecule is Cn1cnc(C(O)C(O)CNC(=O)OC(C)(C)C)c1. The van der Waals surface area contributed by atoms with Crippen molar-refractivity contribution in [3.05, 3.63) is 18.2 Å². The van der Waals surface area contributed by atoms with Crippen LogP contribution in [0.25, 0.3) is 0 Å². The van der Waals surface area contributed by atoms with Crippen molar-refractivity contribution in [1.29, 1.82) is 0 Å². The van der Waals surface area contributed by atoms with Crippen molar-refractivity contribution in [2.24, 2.45) is 7.05 Å². The second kappa shape index (κ2) is 6.03. The predicted octanol–water partition coefficient (Wildman–Crippen LogP) is 0.339. The van der Waals surface area contributed by atoms with E-state index < -0.39 is 23.9 Å². The Morgan fingerprint density at radius 3 is 2.63 bits per heavy atom. The monoisotopic (exact) mass is 271 g/mol. The third kappa shape index (κ3) is 5.27. The molecule has 0 saturated carbocycles. The normalized spacial score (nSPS) is 14.8. The molecule has 2 unspecified atom stereocenters. The van der Waals surface area contributed by atoms with Crippen LogP contribution in [0.4, 0.5) is 4.79 Å². The number of imidazole rings is 1. The molecule has 0 fully saturated rings. The second-order valence-corrected chi connectivity index (χ2v) is 5.36. The highest BCUT2D eigenvalue weighted by Crippen LogP contribution is 2.14. The molecule has 0 aromatic carbocycles. The van der Waals surface area contributed by atoms with Gasteiger partial charge >= 0.3 is 6.09 Å². The number of carbonyl (C=O) groups excluding carboxylic acids is 1. The summed E-state index contributed by atoms with van der Waals surface area (Å²) in [5, 5.41) is 22.0. The van der Waals surface area contributed by atoms with Crippen LogP contribution in [0, 0.1) is 0 Å². The minimum absolute atomic E-state index is 0.118. The summed E-state index contributed by atoms with van der Waals surface area (Å²) in [6.45, 7) is 5.11. The van der Waals surface area contributed by atoms with E-state index in [-0.39, 0.29) is 6.54 Å². The second-order valence-electron chi connectivity index (χ2n) is 5.36. The van der Waals surface area contributed by atoms with Crippen LogP contribution in [-0.2, 0) is 11.8 Å². The number of rotatable bonds is 4. The standard InChI is InChI=1S/C12H21N3O4/c1-12(2,3)19-11(18)13-5-9(16)10(17)8-6-15(4)7-14-8/h6-7,9-10,16-17H,5H2,1-4H3,(H,13,18). The molecule has 0 aliphatic heterocycles. The molecule has 0 aliphatic carbocycles. The van der Waals surface area contributed by atoms with E-state index in [1.165, 1.54) is 6.33 Å². The van der Waals surface area contributed by atoms with Gasteiger partial charge in [0, 0.05) is 19.8 Å². The number of aliphatic hydroxyl groups excluding tert-OH is 2. The van der Waals surface area contributed by atoms with E-state index in [4.69, 9.17) is 4.74 Å². The van der Waals surface area contributed by atoms with Crippen molar-refractivity contribution in [3.63, 3.8) is 0 Å². The summed E-state index contributed by atoms with van der Waals surface area (Å²) in [5.41, 5.74) is -0.254. The lowest BCUT2D eigenvalue weighted by molar-refractivity contribution is 0.0110. The van der Waals surface area contributed by atoms with Crippen molar-refractivity contribution in [1.82, 2.24) is 14.9 Å². The molecule has 1 amide bonds. The van der Waals surface area contributed by atoms with Crippen LogP contribution in [0.3, 0.4) is 0 Å². The van der Waals surface area contributed by atoms with Crippen molar-refractivity contribution >= 4 is 6.09 Å². The molecule has 108 valence electrons. The predicted molar refractivity (Wildman–Crippen MR) is 68.4 cm³/mol. The van der Waals surface area contributed by atoms with Gasteiger partial charge in [-0.05, 0) is 20.8 Å². The van der Waals surface area contributed by atoms with Gasteiger partial charge in [0.05, 0.1) is 12.0 Å². The number of hydrogen-bond donors (Lipinski definition) is 3. The minimum Gasteiger partial charge on any atom is -0.444 e. The Balaban J connectivity index is 2.43. The van der Waals surface area contributed by atoms with Gasteiger partial charge in [0.2, 0.25) is 0 Å². The molecule has 0 spiro atoms. The fraction of sp³-hybridized carbons (Fsp3) is 0.667. The number of aryl methyl sites for hydroxylation is 1. The lowest BCUT2D eigenvalue weighted by Crippen LogP contribution is -2.38. The maximum atomic E-state index is 11.4. The first kappa shape index (κ1) is 15.5. The highest BCUT2D eigenvalue weighted by atomic mass is 16.6. The first-order valence-electron chi connectivity index (χ1n) is 6.00. The summed E-state index contributed by atoms with van der Waals surface area (Å²) >= 11 is 0. The Morgan fingerprint density at radius 2 is 2.16 bits per heavy atom. The molecule has 7 heteroatoms. The molecule has 3 N–H and O–H groups in total. The average Bonchev–Trinajstić information content (AvgIpc) is 2.69. The van der Waals surface area contributed by atoms with Crippen LogP contribution < -0.4 is 5.32 Å². The molecule has 0 saturated heterocycles. The van der Waals surface area contributed by atoms with Crippen LogP contribution in [0.5, 0.6) is 0 Å². The Bertz CT molecular complexity index is 425. The van der Waals surface area contributed by atoms with Gasteiger partial charge in [-0.25, -0.2) is 9.78 Å². The largest absolute Gasteiger partial charge is 0.444 e. The lowest BCUT2D eigenvalue weighted by atomic mass is 10.1.